The Hall–Kier alpha value is -2.93. The Kier molecular flexibility index (Phi) is 6.82. The number of aliphatic hydroxyl groups excluding tert-OH is 1. The summed E-state index contributed by atoms with van der Waals surface area (Å²) in [5, 5.41) is 16.6. The first-order valence-corrected chi connectivity index (χ1v) is 9.46. The molecule has 0 bridgehead atoms. The first-order valence-electron chi connectivity index (χ1n) is 9.46. The van der Waals surface area contributed by atoms with Gasteiger partial charge in [0.2, 0.25) is 0 Å². The van der Waals surface area contributed by atoms with Gasteiger partial charge in [0, 0.05) is 18.8 Å². The summed E-state index contributed by atoms with van der Waals surface area (Å²) in [6.45, 7) is 4.42. The third-order valence-electron chi connectivity index (χ3n) is 4.52. The zero-order valence-electron chi connectivity index (χ0n) is 16.8. The Morgan fingerprint density at radius 3 is 2.55 bits per heavy atom. The van der Waals surface area contributed by atoms with Gasteiger partial charge in [0.05, 0.1) is 12.9 Å². The molecule has 0 spiro atoms. The molecule has 0 radical (unpaired) electrons. The second kappa shape index (κ2) is 9.52. The van der Waals surface area contributed by atoms with E-state index in [1.54, 1.807) is 25.3 Å². The summed E-state index contributed by atoms with van der Waals surface area (Å²) < 4.78 is 10.3. The summed E-state index contributed by atoms with van der Waals surface area (Å²) in [4.78, 5) is 12.4. The Balaban J connectivity index is 1.92. The lowest BCUT2D eigenvalue weighted by atomic mass is 10.00. The van der Waals surface area contributed by atoms with Gasteiger partial charge in [-0.15, -0.1) is 0 Å². The number of nitrogens with one attached hydrogen (secondary N) is 2. The summed E-state index contributed by atoms with van der Waals surface area (Å²) in [7, 11) is 1.62. The predicted octanol–water partition coefficient (Wildman–Crippen LogP) is 4.12. The summed E-state index contributed by atoms with van der Waals surface area (Å²) in [5.74, 6) is -0.128. The number of rotatable bonds is 8. The Bertz CT molecular complexity index is 936. The maximum atomic E-state index is 12.4. The van der Waals surface area contributed by atoms with Gasteiger partial charge in [-0.25, -0.2) is 0 Å². The molecule has 152 valence electrons. The molecule has 2 aromatic carbocycles. The Morgan fingerprint density at radius 1 is 1.14 bits per heavy atom. The van der Waals surface area contributed by atoms with Gasteiger partial charge in [-0.3, -0.25) is 10.1 Å². The highest BCUT2D eigenvalue weighted by Crippen LogP contribution is 2.28. The van der Waals surface area contributed by atoms with Gasteiger partial charge in [0.1, 0.15) is 6.23 Å². The molecular formula is C23H26N2O4. The molecular weight excluding hydrogens is 368 g/mol. The fourth-order valence-electron chi connectivity index (χ4n) is 3.06. The van der Waals surface area contributed by atoms with Crippen molar-refractivity contribution in [2.45, 2.75) is 26.1 Å². The number of anilines is 1. The molecule has 0 fully saturated rings. The monoisotopic (exact) mass is 394 g/mol. The summed E-state index contributed by atoms with van der Waals surface area (Å²) in [6.07, 6.45) is 0.540. The molecule has 3 N–H and O–H groups in total. The van der Waals surface area contributed by atoms with E-state index in [1.165, 1.54) is 6.26 Å². The number of amides is 1. The fourth-order valence-corrected chi connectivity index (χ4v) is 3.06. The molecule has 0 aliphatic carbocycles. The molecule has 2 atom stereocenters. The van der Waals surface area contributed by atoms with Crippen molar-refractivity contribution in [3.8, 4) is 11.1 Å². The van der Waals surface area contributed by atoms with Crippen molar-refractivity contribution in [3.63, 3.8) is 0 Å². The zero-order chi connectivity index (χ0) is 20.8. The van der Waals surface area contributed by atoms with E-state index in [-0.39, 0.29) is 17.7 Å². The average molecular weight is 394 g/mol. The van der Waals surface area contributed by atoms with Crippen molar-refractivity contribution < 1.29 is 19.1 Å². The van der Waals surface area contributed by atoms with Gasteiger partial charge >= 0.3 is 0 Å². The molecule has 6 nitrogen and oxygen atoms in total. The molecule has 1 heterocycles. The molecule has 2 unspecified atom stereocenters. The molecule has 0 saturated heterocycles. The number of carbonyl (C=O) groups excluding carboxylic acids is 1. The maximum absolute atomic E-state index is 12.4. The molecule has 1 amide bonds. The van der Waals surface area contributed by atoms with E-state index in [9.17, 15) is 9.90 Å². The van der Waals surface area contributed by atoms with Crippen LogP contribution in [0.3, 0.4) is 0 Å². The third-order valence-corrected chi connectivity index (χ3v) is 4.52. The van der Waals surface area contributed by atoms with Gasteiger partial charge in [-0.2, -0.15) is 0 Å². The normalized spacial score (nSPS) is 13.1. The molecule has 6 heteroatoms. The third kappa shape index (κ3) is 5.54. The van der Waals surface area contributed by atoms with Crippen LogP contribution in [0.1, 0.15) is 34.8 Å². The van der Waals surface area contributed by atoms with Crippen LogP contribution in [-0.4, -0.2) is 30.8 Å². The molecule has 0 aliphatic rings. The first kappa shape index (κ1) is 20.8. The van der Waals surface area contributed by atoms with Gasteiger partial charge < -0.3 is 19.6 Å². The second-order valence-electron chi connectivity index (χ2n) is 7.07. The van der Waals surface area contributed by atoms with E-state index in [2.05, 4.69) is 10.6 Å². The van der Waals surface area contributed by atoms with E-state index < -0.39 is 6.23 Å². The van der Waals surface area contributed by atoms with Crippen LogP contribution in [0.5, 0.6) is 0 Å². The highest BCUT2D eigenvalue weighted by Gasteiger charge is 2.16. The Morgan fingerprint density at radius 2 is 1.90 bits per heavy atom. The van der Waals surface area contributed by atoms with Gasteiger partial charge in [0.15, 0.2) is 5.76 Å². The number of hydrogen-bond acceptors (Lipinski definition) is 5. The number of hydrogen-bond donors (Lipinski definition) is 3. The van der Waals surface area contributed by atoms with Crippen LogP contribution in [0.25, 0.3) is 11.1 Å². The number of aryl methyl sites for hydroxylation is 1. The van der Waals surface area contributed by atoms with Gasteiger partial charge in [-0.05, 0) is 60.9 Å². The molecule has 29 heavy (non-hydrogen) atoms. The van der Waals surface area contributed by atoms with Crippen LogP contribution in [0, 0.1) is 6.92 Å². The highest BCUT2D eigenvalue weighted by atomic mass is 16.5. The van der Waals surface area contributed by atoms with Crippen LogP contribution >= 0.6 is 0 Å². The van der Waals surface area contributed by atoms with E-state index >= 15 is 0 Å². The maximum Gasteiger partial charge on any atom is 0.291 e. The minimum absolute atomic E-state index is 0.0424. The van der Waals surface area contributed by atoms with E-state index in [4.69, 9.17) is 9.15 Å². The average Bonchev–Trinajstić information content (AvgIpc) is 3.23. The van der Waals surface area contributed by atoms with Crippen LogP contribution in [0.4, 0.5) is 5.69 Å². The molecule has 0 saturated carbocycles. The molecule has 1 aromatic heterocycles. The van der Waals surface area contributed by atoms with Gasteiger partial charge in [-0.1, -0.05) is 29.8 Å². The first-order chi connectivity index (χ1) is 14.0. The molecule has 3 rings (SSSR count). The number of furan rings is 1. The van der Waals surface area contributed by atoms with Crippen molar-refractivity contribution in [2.24, 2.45) is 0 Å². The van der Waals surface area contributed by atoms with Crippen molar-refractivity contribution in [3.05, 3.63) is 77.7 Å². The minimum Gasteiger partial charge on any atom is -0.459 e. The topological polar surface area (TPSA) is 83.7 Å². The number of carbonyl (C=O) groups is 1. The van der Waals surface area contributed by atoms with Crippen LogP contribution in [0.2, 0.25) is 0 Å². The highest BCUT2D eigenvalue weighted by molar-refractivity contribution is 6.02. The van der Waals surface area contributed by atoms with Crippen molar-refractivity contribution in [1.82, 2.24) is 5.32 Å². The number of methoxy groups -OCH3 is 1. The summed E-state index contributed by atoms with van der Waals surface area (Å²) in [6, 6.07) is 16.8. The van der Waals surface area contributed by atoms with E-state index in [0.717, 1.165) is 16.7 Å². The second-order valence-corrected chi connectivity index (χ2v) is 7.07. The summed E-state index contributed by atoms with van der Waals surface area (Å²) in [5.41, 5.74) is 4.24. The van der Waals surface area contributed by atoms with Crippen LogP contribution in [0.15, 0.2) is 65.3 Å². The van der Waals surface area contributed by atoms with E-state index in [0.29, 0.717) is 17.9 Å². The minimum atomic E-state index is -0.912. The molecule has 3 aromatic rings. The van der Waals surface area contributed by atoms with Crippen LogP contribution < -0.4 is 10.6 Å². The quantitative estimate of drug-likeness (QED) is 0.501. The van der Waals surface area contributed by atoms with Gasteiger partial charge in [0.25, 0.3) is 5.91 Å². The lowest BCUT2D eigenvalue weighted by Crippen LogP contribution is -2.33. The lowest BCUT2D eigenvalue weighted by molar-refractivity contribution is 0.0949. The predicted molar refractivity (Wildman–Crippen MR) is 113 cm³/mol. The number of ether oxygens (including phenoxy) is 1. The fraction of sp³-hybridized carbons (Fsp3) is 0.261. The smallest absolute Gasteiger partial charge is 0.291 e. The van der Waals surface area contributed by atoms with Crippen molar-refractivity contribution >= 4 is 11.6 Å². The van der Waals surface area contributed by atoms with E-state index in [1.807, 2.05) is 50.2 Å². The largest absolute Gasteiger partial charge is 0.459 e. The lowest BCUT2D eigenvalue weighted by Gasteiger charge is -2.20. The number of aliphatic hydroxyl groups is 1. The van der Waals surface area contributed by atoms with Crippen molar-refractivity contribution in [2.75, 3.05) is 19.0 Å². The van der Waals surface area contributed by atoms with Crippen molar-refractivity contribution in [1.29, 1.82) is 0 Å². The van der Waals surface area contributed by atoms with Crippen LogP contribution in [-0.2, 0) is 4.74 Å². The summed E-state index contributed by atoms with van der Waals surface area (Å²) >= 11 is 0. The Labute approximate surface area is 170 Å². The SMILES string of the molecule is COCC(C)NC(O)c1cc(NC(=O)c2ccco2)cc(-c2ccc(C)cc2)c1. The number of benzene rings is 2. The zero-order valence-corrected chi connectivity index (χ0v) is 16.8. The molecule has 0 aliphatic heterocycles. The standard InChI is InChI=1S/C23H26N2O4/c1-15-6-8-17(9-7-15)18-11-19(22(26)24-16(2)14-28-3)13-20(12-18)25-23(27)21-5-4-10-29-21/h4-13,16,22,24,26H,14H2,1-3H3,(H,25,27).